The van der Waals surface area contributed by atoms with Crippen LogP contribution >= 0.6 is 0 Å². The lowest BCUT2D eigenvalue weighted by atomic mass is 10.0. The SMILES string of the molecule is CC(C(=O)NCC1CCC(C(=O)O)O1)=C1CNC1. The molecule has 18 heavy (non-hydrogen) atoms. The average molecular weight is 254 g/mol. The summed E-state index contributed by atoms with van der Waals surface area (Å²) in [4.78, 5) is 22.5. The molecule has 2 unspecified atom stereocenters. The van der Waals surface area contributed by atoms with Gasteiger partial charge in [0, 0.05) is 25.2 Å². The zero-order chi connectivity index (χ0) is 13.1. The molecule has 0 spiro atoms. The Morgan fingerprint density at radius 2 is 2.17 bits per heavy atom. The molecule has 0 radical (unpaired) electrons. The fourth-order valence-electron chi connectivity index (χ4n) is 2.05. The molecule has 0 aromatic heterocycles. The summed E-state index contributed by atoms with van der Waals surface area (Å²) in [5.74, 6) is -1.02. The van der Waals surface area contributed by atoms with E-state index in [2.05, 4.69) is 10.6 Å². The van der Waals surface area contributed by atoms with Gasteiger partial charge in [-0.1, -0.05) is 0 Å². The first kappa shape index (κ1) is 13.0. The number of nitrogens with one attached hydrogen (secondary N) is 2. The molecule has 2 rings (SSSR count). The van der Waals surface area contributed by atoms with E-state index in [-0.39, 0.29) is 12.0 Å². The number of hydrogen-bond donors (Lipinski definition) is 3. The van der Waals surface area contributed by atoms with Crippen LogP contribution in [0, 0.1) is 0 Å². The lowest BCUT2D eigenvalue weighted by Crippen LogP contribution is -2.39. The summed E-state index contributed by atoms with van der Waals surface area (Å²) < 4.78 is 5.31. The number of hydrogen-bond acceptors (Lipinski definition) is 4. The zero-order valence-corrected chi connectivity index (χ0v) is 10.4. The average Bonchev–Trinajstić information content (AvgIpc) is 2.72. The molecule has 2 heterocycles. The normalized spacial score (nSPS) is 26.6. The van der Waals surface area contributed by atoms with Gasteiger partial charge in [0.25, 0.3) is 0 Å². The molecule has 0 aliphatic carbocycles. The first-order valence-electron chi connectivity index (χ1n) is 6.13. The van der Waals surface area contributed by atoms with E-state index in [4.69, 9.17) is 9.84 Å². The van der Waals surface area contributed by atoms with Crippen LogP contribution < -0.4 is 10.6 Å². The van der Waals surface area contributed by atoms with Crippen LogP contribution in [0.25, 0.3) is 0 Å². The minimum absolute atomic E-state index is 0.0890. The highest BCUT2D eigenvalue weighted by atomic mass is 16.5. The van der Waals surface area contributed by atoms with Gasteiger partial charge in [0.2, 0.25) is 5.91 Å². The number of ether oxygens (including phenoxy) is 1. The third-order valence-electron chi connectivity index (χ3n) is 3.42. The molecule has 6 heteroatoms. The van der Waals surface area contributed by atoms with Crippen LogP contribution in [0.1, 0.15) is 19.8 Å². The van der Waals surface area contributed by atoms with Gasteiger partial charge in [-0.05, 0) is 25.3 Å². The number of carboxylic acid groups (broad SMARTS) is 1. The molecule has 2 fully saturated rings. The molecule has 2 saturated heterocycles. The maximum atomic E-state index is 11.8. The lowest BCUT2D eigenvalue weighted by molar-refractivity contribution is -0.149. The molecule has 0 saturated carbocycles. The summed E-state index contributed by atoms with van der Waals surface area (Å²) in [7, 11) is 0. The molecule has 0 bridgehead atoms. The van der Waals surface area contributed by atoms with Crippen molar-refractivity contribution < 1.29 is 19.4 Å². The quantitative estimate of drug-likeness (QED) is 0.597. The molecular formula is C12H18N2O4. The van der Waals surface area contributed by atoms with Crippen molar-refractivity contribution in [2.45, 2.75) is 32.0 Å². The van der Waals surface area contributed by atoms with Gasteiger partial charge < -0.3 is 20.5 Å². The van der Waals surface area contributed by atoms with Crippen LogP contribution in [0.3, 0.4) is 0 Å². The molecule has 2 aliphatic rings. The predicted octanol–water partition coefficient (Wildman–Crippen LogP) is -0.345. The number of carbonyl (C=O) groups is 2. The van der Waals surface area contributed by atoms with E-state index < -0.39 is 12.1 Å². The molecule has 0 aromatic carbocycles. The summed E-state index contributed by atoms with van der Waals surface area (Å²) in [6.07, 6.45) is 0.281. The monoisotopic (exact) mass is 254 g/mol. The summed E-state index contributed by atoms with van der Waals surface area (Å²) in [5, 5.41) is 14.7. The van der Waals surface area contributed by atoms with Gasteiger partial charge in [-0.3, -0.25) is 4.79 Å². The van der Waals surface area contributed by atoms with Crippen molar-refractivity contribution in [3.05, 3.63) is 11.1 Å². The van der Waals surface area contributed by atoms with E-state index in [1.54, 1.807) is 6.92 Å². The van der Waals surface area contributed by atoms with E-state index in [1.807, 2.05) is 0 Å². The number of rotatable bonds is 4. The second kappa shape index (κ2) is 5.49. The predicted molar refractivity (Wildman–Crippen MR) is 64.1 cm³/mol. The van der Waals surface area contributed by atoms with Gasteiger partial charge in [-0.25, -0.2) is 4.79 Å². The van der Waals surface area contributed by atoms with Crippen molar-refractivity contribution in [3.63, 3.8) is 0 Å². The maximum absolute atomic E-state index is 11.8. The molecule has 0 aromatic rings. The Hall–Kier alpha value is -1.40. The fourth-order valence-corrected chi connectivity index (χ4v) is 2.05. The Morgan fingerprint density at radius 1 is 1.44 bits per heavy atom. The minimum Gasteiger partial charge on any atom is -0.479 e. The summed E-state index contributed by atoms with van der Waals surface area (Å²) in [5.41, 5.74) is 1.88. The third-order valence-corrected chi connectivity index (χ3v) is 3.42. The highest BCUT2D eigenvalue weighted by Gasteiger charge is 2.30. The lowest BCUT2D eigenvalue weighted by Gasteiger charge is -2.22. The standard InChI is InChI=1S/C12H18N2O4/c1-7(8-4-13-5-8)11(15)14-6-9-2-3-10(18-9)12(16)17/h9-10,13H,2-6H2,1H3,(H,14,15)(H,16,17). The summed E-state index contributed by atoms with van der Waals surface area (Å²) in [6.45, 7) is 3.74. The van der Waals surface area contributed by atoms with Gasteiger partial charge in [-0.2, -0.15) is 0 Å². The highest BCUT2D eigenvalue weighted by Crippen LogP contribution is 2.19. The Bertz CT molecular complexity index is 386. The van der Waals surface area contributed by atoms with Crippen molar-refractivity contribution in [2.75, 3.05) is 19.6 Å². The topological polar surface area (TPSA) is 87.7 Å². The number of amides is 1. The second-order valence-corrected chi connectivity index (χ2v) is 4.70. The van der Waals surface area contributed by atoms with E-state index in [1.165, 1.54) is 0 Å². The molecule has 2 atom stereocenters. The molecule has 2 aliphatic heterocycles. The molecule has 1 amide bonds. The van der Waals surface area contributed by atoms with E-state index in [0.717, 1.165) is 24.2 Å². The second-order valence-electron chi connectivity index (χ2n) is 4.70. The first-order chi connectivity index (χ1) is 8.58. The smallest absolute Gasteiger partial charge is 0.332 e. The zero-order valence-electron chi connectivity index (χ0n) is 10.4. The fraction of sp³-hybridized carbons (Fsp3) is 0.667. The molecular weight excluding hydrogens is 236 g/mol. The van der Waals surface area contributed by atoms with Crippen molar-refractivity contribution in [3.8, 4) is 0 Å². The van der Waals surface area contributed by atoms with Crippen molar-refractivity contribution in [2.24, 2.45) is 0 Å². The van der Waals surface area contributed by atoms with Gasteiger partial charge in [0.1, 0.15) is 0 Å². The summed E-state index contributed by atoms with van der Waals surface area (Å²) in [6, 6.07) is 0. The van der Waals surface area contributed by atoms with Gasteiger partial charge in [-0.15, -0.1) is 0 Å². The Kier molecular flexibility index (Phi) is 3.98. The van der Waals surface area contributed by atoms with E-state index >= 15 is 0 Å². The van der Waals surface area contributed by atoms with Gasteiger partial charge >= 0.3 is 5.97 Å². The van der Waals surface area contributed by atoms with E-state index in [9.17, 15) is 9.59 Å². The number of carboxylic acids is 1. The van der Waals surface area contributed by atoms with Gasteiger partial charge in [0.15, 0.2) is 6.10 Å². The van der Waals surface area contributed by atoms with Crippen LogP contribution in [0.5, 0.6) is 0 Å². The number of carbonyl (C=O) groups excluding carboxylic acids is 1. The molecule has 100 valence electrons. The Labute approximate surface area is 105 Å². The number of aliphatic carboxylic acids is 1. The van der Waals surface area contributed by atoms with Crippen molar-refractivity contribution in [1.29, 1.82) is 0 Å². The molecule has 6 nitrogen and oxygen atoms in total. The van der Waals surface area contributed by atoms with Crippen LogP contribution in [0.15, 0.2) is 11.1 Å². The van der Waals surface area contributed by atoms with E-state index in [0.29, 0.717) is 19.4 Å². The maximum Gasteiger partial charge on any atom is 0.332 e. The van der Waals surface area contributed by atoms with Crippen LogP contribution in [-0.2, 0) is 14.3 Å². The van der Waals surface area contributed by atoms with Gasteiger partial charge in [0.05, 0.1) is 6.10 Å². The first-order valence-corrected chi connectivity index (χ1v) is 6.13. The highest BCUT2D eigenvalue weighted by molar-refractivity contribution is 5.94. The minimum atomic E-state index is -0.928. The van der Waals surface area contributed by atoms with Crippen LogP contribution in [0.2, 0.25) is 0 Å². The van der Waals surface area contributed by atoms with Crippen molar-refractivity contribution in [1.82, 2.24) is 10.6 Å². The van der Waals surface area contributed by atoms with Crippen molar-refractivity contribution >= 4 is 11.9 Å². The Balaban J connectivity index is 1.75. The Morgan fingerprint density at radius 3 is 2.67 bits per heavy atom. The third kappa shape index (κ3) is 2.88. The summed E-state index contributed by atoms with van der Waals surface area (Å²) >= 11 is 0. The largest absolute Gasteiger partial charge is 0.479 e. The van der Waals surface area contributed by atoms with Crippen LogP contribution in [0.4, 0.5) is 0 Å². The van der Waals surface area contributed by atoms with Crippen LogP contribution in [-0.4, -0.2) is 48.8 Å². The molecule has 3 N–H and O–H groups in total.